The molecule has 2 aliphatic rings. The number of fused-ring (bicyclic) bond motifs is 2. The van der Waals surface area contributed by atoms with Gasteiger partial charge in [0, 0.05) is 63.4 Å². The number of benzene rings is 6. The Balaban J connectivity index is 0.000000197. The smallest absolute Gasteiger partial charge is 0.335 e. The number of carbonyl (C=O) groups excluding carboxylic acids is 7. The molecule has 0 saturated heterocycles. The third kappa shape index (κ3) is 22.6. The number of hydrogen-bond acceptors (Lipinski definition) is 16. The highest BCUT2D eigenvalue weighted by Gasteiger charge is 2.29. The largest absolute Gasteiger partial charge is 0.478 e. The van der Waals surface area contributed by atoms with E-state index in [4.69, 9.17) is 94.7 Å². The van der Waals surface area contributed by atoms with E-state index in [-0.39, 0.29) is 71.1 Å². The molecule has 4 heterocycles. The molecule has 8 aromatic rings. The average molecular weight is 1470 g/mol. The lowest BCUT2D eigenvalue weighted by molar-refractivity contribution is -0.143. The van der Waals surface area contributed by atoms with Crippen LogP contribution < -0.4 is 37.6 Å². The fraction of sp³-hybridized carbons (Fsp3) is 0.250. The van der Waals surface area contributed by atoms with E-state index >= 15 is 0 Å². The van der Waals surface area contributed by atoms with Gasteiger partial charge in [-0.1, -0.05) is 142 Å². The van der Waals surface area contributed by atoms with E-state index in [1.807, 2.05) is 37.4 Å². The molecule has 99 heavy (non-hydrogen) atoms. The van der Waals surface area contributed by atoms with Crippen molar-refractivity contribution in [2.75, 3.05) is 45.1 Å². The van der Waals surface area contributed by atoms with Crippen molar-refractivity contribution in [1.82, 2.24) is 31.2 Å². The molecule has 4 amide bonds. The number of anilines is 2. The second kappa shape index (κ2) is 38.1. The van der Waals surface area contributed by atoms with Crippen LogP contribution in [-0.4, -0.2) is 115 Å². The zero-order valence-electron chi connectivity index (χ0n) is 54.1. The number of nitrogens with two attached hydrogens (primary N) is 1. The molecule has 0 saturated carbocycles. The van der Waals surface area contributed by atoms with Gasteiger partial charge >= 0.3 is 23.9 Å². The number of methoxy groups -OCH3 is 3. The Bertz CT molecular complexity index is 4130. The van der Waals surface area contributed by atoms with Crippen LogP contribution in [0.2, 0.25) is 30.1 Å². The number of esters is 3. The van der Waals surface area contributed by atoms with Gasteiger partial charge in [-0.25, -0.2) is 29.1 Å². The van der Waals surface area contributed by atoms with E-state index in [1.165, 1.54) is 57.6 Å². The predicted octanol–water partition coefficient (Wildman–Crippen LogP) is 12.1. The topological polar surface area (TPSA) is 308 Å². The number of pyridine rings is 2. The summed E-state index contributed by atoms with van der Waals surface area (Å²) in [5.74, 6) is -2.85. The van der Waals surface area contributed by atoms with Gasteiger partial charge in [0.15, 0.2) is 0 Å². The maximum atomic E-state index is 12.8. The normalized spacial score (nSPS) is 12.6. The number of amides is 4. The molecule has 6 aromatic carbocycles. The second-order valence-electron chi connectivity index (χ2n) is 22.4. The SMILES string of the molecule is COC(=O)[C@H](Cc1ccc(C(=O)NCc2cnc3c(c2)CCCN3)cc1)NC(=O)c1c(Cl)cccc1Cl.COC(=O)[C@H](Cc1ccc(C(=O)O)cc1)NC(=O)c1c(Cl)cccc1Cl.COC(=O)[C@H](Cc1ccc(C)cc1)NC(=O)c1c(Cl)cccc1Cl.NCc1cnc2c(c1)CCCN2. The number of carboxylic acid groups (broad SMARTS) is 1. The molecule has 27 heteroatoms. The maximum absolute atomic E-state index is 12.8. The van der Waals surface area contributed by atoms with Crippen LogP contribution >= 0.6 is 69.6 Å². The molecule has 0 fully saturated rings. The van der Waals surface area contributed by atoms with Gasteiger partial charge in [0.2, 0.25) is 0 Å². The molecule has 0 aliphatic carbocycles. The molecule has 0 spiro atoms. The fourth-order valence-electron chi connectivity index (χ4n) is 10.1. The molecule has 10 rings (SSSR count). The first-order chi connectivity index (χ1) is 47.5. The third-order valence-electron chi connectivity index (χ3n) is 15.4. The van der Waals surface area contributed by atoms with Crippen LogP contribution in [0.1, 0.15) is 109 Å². The van der Waals surface area contributed by atoms with Gasteiger partial charge in [0.25, 0.3) is 23.6 Å². The quantitative estimate of drug-likeness (QED) is 0.0260. The summed E-state index contributed by atoms with van der Waals surface area (Å²) in [4.78, 5) is 106. The van der Waals surface area contributed by atoms with Gasteiger partial charge < -0.3 is 57.0 Å². The van der Waals surface area contributed by atoms with E-state index in [0.29, 0.717) is 30.6 Å². The van der Waals surface area contributed by atoms with Crippen molar-refractivity contribution in [3.05, 3.63) is 254 Å². The highest BCUT2D eigenvalue weighted by atomic mass is 35.5. The van der Waals surface area contributed by atoms with Gasteiger partial charge in [-0.15, -0.1) is 0 Å². The van der Waals surface area contributed by atoms with E-state index in [9.17, 15) is 38.4 Å². The van der Waals surface area contributed by atoms with Crippen molar-refractivity contribution in [2.24, 2.45) is 5.73 Å². The van der Waals surface area contributed by atoms with Crippen LogP contribution in [-0.2, 0) is 73.8 Å². The fourth-order valence-corrected chi connectivity index (χ4v) is 11.8. The van der Waals surface area contributed by atoms with E-state index in [1.54, 1.807) is 85.1 Å². The number of aromatic nitrogens is 2. The first-order valence-electron chi connectivity index (χ1n) is 30.9. The minimum absolute atomic E-state index is 0.0611. The monoisotopic (exact) mass is 1460 g/mol. The van der Waals surface area contributed by atoms with Crippen molar-refractivity contribution < 1.29 is 57.7 Å². The average Bonchev–Trinajstić information content (AvgIpc) is 0.868. The van der Waals surface area contributed by atoms with E-state index in [0.717, 1.165) is 77.4 Å². The van der Waals surface area contributed by atoms with Gasteiger partial charge in [-0.3, -0.25) is 19.2 Å². The lowest BCUT2D eigenvalue weighted by Gasteiger charge is -2.18. The van der Waals surface area contributed by atoms with Gasteiger partial charge in [0.1, 0.15) is 29.8 Å². The Morgan fingerprint density at radius 1 is 0.475 bits per heavy atom. The van der Waals surface area contributed by atoms with Crippen LogP contribution in [0.4, 0.5) is 11.6 Å². The molecule has 0 unspecified atom stereocenters. The van der Waals surface area contributed by atoms with Crippen molar-refractivity contribution in [1.29, 1.82) is 0 Å². The Hall–Kier alpha value is -9.32. The van der Waals surface area contributed by atoms with Crippen LogP contribution in [0.15, 0.2) is 152 Å². The molecule has 21 nitrogen and oxygen atoms in total. The summed E-state index contributed by atoms with van der Waals surface area (Å²) in [6.45, 7) is 4.89. The summed E-state index contributed by atoms with van der Waals surface area (Å²) >= 11 is 36.3. The highest BCUT2D eigenvalue weighted by Crippen LogP contribution is 2.28. The first-order valence-corrected chi connectivity index (χ1v) is 33.1. The number of halogens is 6. The third-order valence-corrected chi connectivity index (χ3v) is 17.3. The Kier molecular flexibility index (Phi) is 29.7. The van der Waals surface area contributed by atoms with E-state index < -0.39 is 59.7 Å². The number of nitrogens with zero attached hydrogens (tertiary/aromatic N) is 2. The van der Waals surface area contributed by atoms with Crippen molar-refractivity contribution in [2.45, 2.75) is 83.1 Å². The lowest BCUT2D eigenvalue weighted by atomic mass is 10.0. The summed E-state index contributed by atoms with van der Waals surface area (Å²) in [6, 6.07) is 36.0. The Morgan fingerprint density at radius 2 is 0.808 bits per heavy atom. The Morgan fingerprint density at radius 3 is 1.15 bits per heavy atom. The molecular formula is C72H71Cl6N9O12. The van der Waals surface area contributed by atoms with E-state index in [2.05, 4.69) is 54.0 Å². The Labute approximate surface area is 602 Å². The summed E-state index contributed by atoms with van der Waals surface area (Å²) in [7, 11) is 3.72. The number of aromatic carboxylic acids is 1. The summed E-state index contributed by atoms with van der Waals surface area (Å²) in [5, 5.41) is 27.3. The zero-order chi connectivity index (χ0) is 71.7. The lowest BCUT2D eigenvalue weighted by Crippen LogP contribution is -2.43. The number of carboxylic acids is 1. The molecule has 518 valence electrons. The van der Waals surface area contributed by atoms with Crippen LogP contribution in [0.3, 0.4) is 0 Å². The van der Waals surface area contributed by atoms with Gasteiger partial charge in [-0.05, 0) is 144 Å². The van der Waals surface area contributed by atoms with Crippen LogP contribution in [0, 0.1) is 6.92 Å². The summed E-state index contributed by atoms with van der Waals surface area (Å²) < 4.78 is 14.4. The number of rotatable bonds is 20. The first kappa shape index (κ1) is 77.0. The predicted molar refractivity (Wildman–Crippen MR) is 382 cm³/mol. The minimum atomic E-state index is -1.05. The molecule has 2 aliphatic heterocycles. The van der Waals surface area contributed by atoms with Crippen molar-refractivity contribution >= 4 is 129 Å². The summed E-state index contributed by atoms with van der Waals surface area (Å²) in [6.07, 6.45) is 8.53. The number of aryl methyl sites for hydroxylation is 3. The molecule has 0 bridgehead atoms. The van der Waals surface area contributed by atoms with Gasteiger partial charge in [-0.2, -0.15) is 0 Å². The van der Waals surface area contributed by atoms with Crippen LogP contribution in [0.5, 0.6) is 0 Å². The number of nitrogens with one attached hydrogen (secondary N) is 6. The zero-order valence-corrected chi connectivity index (χ0v) is 58.7. The van der Waals surface area contributed by atoms with Crippen LogP contribution in [0.25, 0.3) is 0 Å². The number of hydrogen-bond donors (Lipinski definition) is 8. The number of ether oxygens (including phenoxy) is 3. The second-order valence-corrected chi connectivity index (χ2v) is 24.8. The van der Waals surface area contributed by atoms with Crippen molar-refractivity contribution in [3.63, 3.8) is 0 Å². The molecule has 3 atom stereocenters. The highest BCUT2D eigenvalue weighted by molar-refractivity contribution is 6.41. The molecule has 0 radical (unpaired) electrons. The summed E-state index contributed by atoms with van der Waals surface area (Å²) in [5.41, 5.74) is 14.3. The standard InChI is InChI=1S/C27H26Cl2N4O4.C18H15Cl2NO5.C18H17Cl2NO3.C9H13N3/c1-37-27(36)22(33-26(35)23-20(28)5-2-6-21(23)29)13-16-7-9-18(10-8-16)25(34)32-15-17-12-19-4-3-11-30-24(19)31-14-17;1-26-18(25)14(9-10-5-7-11(8-6-10)17(23)24)21-16(22)15-12(19)3-2-4-13(15)20;1-11-6-8-12(9-7-11)10-15(18(23)24-2)21-17(22)16-13(19)4-3-5-14(16)20;10-5-7-4-8-2-1-3-11-9(8)12-6-7/h2,5-10,12,14,22H,3-4,11,13,15H2,1H3,(H,30,31)(H,32,34)(H,33,35);2-8,14H,9H2,1H3,(H,21,22)(H,23,24);3-9,15H,10H2,1-2H3,(H,21,22);4,6H,1-3,5,10H2,(H,11,12)/t22-;14-;15-;/m000./s1. The minimum Gasteiger partial charge on any atom is -0.478 e. The molecular weight excluding hydrogens is 1400 g/mol. The molecule has 2 aromatic heterocycles. The van der Waals surface area contributed by atoms with Gasteiger partial charge in [0.05, 0.1) is 73.7 Å². The van der Waals surface area contributed by atoms with Crippen molar-refractivity contribution in [3.8, 4) is 0 Å². The molecule has 9 N–H and O–H groups in total. The number of carbonyl (C=O) groups is 8. The maximum Gasteiger partial charge on any atom is 0.335 e.